The summed E-state index contributed by atoms with van der Waals surface area (Å²) in [6, 6.07) is 0. The minimum absolute atomic E-state index is 0. The zero-order valence-corrected chi connectivity index (χ0v) is 17.7. The second-order valence-electron chi connectivity index (χ2n) is 6.51. The smallest absolute Gasteiger partial charge is 0.236 e. The van der Waals surface area contributed by atoms with E-state index < -0.39 is 0 Å². The number of imidazole rings is 1. The highest BCUT2D eigenvalue weighted by Gasteiger charge is 2.27. The predicted molar refractivity (Wildman–Crippen MR) is 109 cm³/mol. The van der Waals surface area contributed by atoms with Crippen molar-refractivity contribution in [3.05, 3.63) is 29.9 Å². The van der Waals surface area contributed by atoms with Crippen molar-refractivity contribution in [1.29, 1.82) is 0 Å². The highest BCUT2D eigenvalue weighted by atomic mass is 35.5. The van der Waals surface area contributed by atoms with Crippen LogP contribution in [0.2, 0.25) is 0 Å². The second-order valence-corrected chi connectivity index (χ2v) is 6.51. The van der Waals surface area contributed by atoms with Crippen LogP contribution in [0.25, 0.3) is 0 Å². The molecule has 8 nitrogen and oxygen atoms in total. The van der Waals surface area contributed by atoms with Gasteiger partial charge in [0.05, 0.1) is 13.1 Å². The van der Waals surface area contributed by atoms with E-state index in [1.54, 1.807) is 13.2 Å². The molecule has 2 aromatic rings. The lowest BCUT2D eigenvalue weighted by Crippen LogP contribution is -2.42. The number of piperidine rings is 1. The fraction of sp³-hybridized carbons (Fsp3) is 0.647. The third-order valence-electron chi connectivity index (χ3n) is 4.95. The van der Waals surface area contributed by atoms with E-state index in [1.165, 1.54) is 0 Å². The molecule has 152 valence electrons. The molecule has 27 heavy (non-hydrogen) atoms. The molecule has 0 bridgehead atoms. The maximum absolute atomic E-state index is 12.0. The van der Waals surface area contributed by atoms with Gasteiger partial charge in [0.15, 0.2) is 5.82 Å². The summed E-state index contributed by atoms with van der Waals surface area (Å²) < 4.78 is 4.30. The lowest BCUT2D eigenvalue weighted by Gasteiger charge is -2.31. The highest BCUT2D eigenvalue weighted by Crippen LogP contribution is 2.27. The summed E-state index contributed by atoms with van der Waals surface area (Å²) in [5.74, 6) is 3.53. The Balaban J connectivity index is 0.00000182. The van der Waals surface area contributed by atoms with Crippen molar-refractivity contribution in [3.8, 4) is 0 Å². The van der Waals surface area contributed by atoms with Gasteiger partial charge in [0.25, 0.3) is 0 Å². The van der Waals surface area contributed by atoms with Crippen LogP contribution in [0.4, 0.5) is 0 Å². The van der Waals surface area contributed by atoms with Gasteiger partial charge in [-0.2, -0.15) is 0 Å². The van der Waals surface area contributed by atoms with E-state index in [4.69, 9.17) is 0 Å². The summed E-state index contributed by atoms with van der Waals surface area (Å²) in [5.41, 5.74) is 0. The normalized spacial score (nSPS) is 14.6. The van der Waals surface area contributed by atoms with Gasteiger partial charge in [-0.05, 0) is 33.7 Å². The Morgan fingerprint density at radius 1 is 1.26 bits per heavy atom. The van der Waals surface area contributed by atoms with E-state index in [-0.39, 0.29) is 30.7 Å². The third kappa shape index (κ3) is 5.21. The van der Waals surface area contributed by atoms with Crippen molar-refractivity contribution in [1.82, 2.24) is 34.5 Å². The van der Waals surface area contributed by atoms with Crippen LogP contribution in [0.3, 0.4) is 0 Å². The van der Waals surface area contributed by atoms with Crippen LogP contribution in [-0.2, 0) is 17.9 Å². The van der Waals surface area contributed by atoms with Gasteiger partial charge in [0.2, 0.25) is 5.91 Å². The fourth-order valence-electron chi connectivity index (χ4n) is 3.49. The van der Waals surface area contributed by atoms with Crippen molar-refractivity contribution in [2.45, 2.75) is 45.7 Å². The Kier molecular flexibility index (Phi) is 9.21. The molecule has 1 amide bonds. The molecule has 0 aliphatic carbocycles. The molecule has 1 aliphatic rings. The molecule has 1 N–H and O–H groups in total. The van der Waals surface area contributed by atoms with Gasteiger partial charge in [-0.15, -0.1) is 35.0 Å². The quantitative estimate of drug-likeness (QED) is 0.771. The van der Waals surface area contributed by atoms with Gasteiger partial charge >= 0.3 is 0 Å². The van der Waals surface area contributed by atoms with Crippen LogP contribution >= 0.6 is 24.8 Å². The van der Waals surface area contributed by atoms with E-state index in [1.807, 2.05) is 18.0 Å². The monoisotopic (exact) mass is 417 g/mol. The van der Waals surface area contributed by atoms with Gasteiger partial charge < -0.3 is 19.4 Å². The number of hydrogen-bond donors (Lipinski definition) is 1. The van der Waals surface area contributed by atoms with Crippen LogP contribution in [0.5, 0.6) is 0 Å². The van der Waals surface area contributed by atoms with Gasteiger partial charge in [0.1, 0.15) is 11.6 Å². The first-order valence-electron chi connectivity index (χ1n) is 8.96. The molecule has 0 spiro atoms. The molecule has 0 atom stereocenters. The van der Waals surface area contributed by atoms with Gasteiger partial charge in [0, 0.05) is 37.9 Å². The Bertz CT molecular complexity index is 723. The maximum Gasteiger partial charge on any atom is 0.236 e. The van der Waals surface area contributed by atoms with Gasteiger partial charge in [-0.25, -0.2) is 4.98 Å². The lowest BCUT2D eigenvalue weighted by atomic mass is 9.95. The number of likely N-dealkylation sites (tertiary alicyclic amines) is 1. The minimum atomic E-state index is 0. The molecule has 1 saturated heterocycles. The Morgan fingerprint density at radius 2 is 1.96 bits per heavy atom. The summed E-state index contributed by atoms with van der Waals surface area (Å²) in [7, 11) is 1.80. The first-order valence-corrected chi connectivity index (χ1v) is 8.96. The van der Waals surface area contributed by atoms with E-state index >= 15 is 0 Å². The number of aromatic nitrogens is 5. The van der Waals surface area contributed by atoms with Crippen molar-refractivity contribution < 1.29 is 4.79 Å². The average molecular weight is 418 g/mol. The molecule has 0 unspecified atom stereocenters. The number of likely N-dealkylation sites (N-methyl/N-ethyl adjacent to an activating group) is 1. The molecule has 3 heterocycles. The number of nitrogens with one attached hydrogen (secondary N) is 1. The van der Waals surface area contributed by atoms with E-state index in [9.17, 15) is 4.79 Å². The standard InChI is InChI=1S/C17H27N7O.2ClH/c1-4-24-15(12-23-10-7-19-13(23)2)20-21-17(24)14-5-8-22(9-6-14)16(25)11-18-3;;/h7,10,14,18H,4-6,8-9,11-12H2,1-3H3;2*1H. The third-order valence-corrected chi connectivity index (χ3v) is 4.95. The molecule has 3 rings (SSSR count). The SMILES string of the molecule is CCn1c(Cn2ccnc2C)nnc1C1CCN(C(=O)CNC)CC1.Cl.Cl. The number of rotatable bonds is 6. The van der Waals surface area contributed by atoms with Crippen molar-refractivity contribution in [2.75, 3.05) is 26.7 Å². The predicted octanol–water partition coefficient (Wildman–Crippen LogP) is 1.62. The summed E-state index contributed by atoms with van der Waals surface area (Å²) in [5, 5.41) is 11.9. The first-order chi connectivity index (χ1) is 12.1. The number of halogens is 2. The summed E-state index contributed by atoms with van der Waals surface area (Å²) in [6.45, 7) is 7.64. The Labute approximate surface area is 172 Å². The number of carbonyl (C=O) groups is 1. The molecule has 0 radical (unpaired) electrons. The van der Waals surface area contributed by atoms with Crippen LogP contribution in [-0.4, -0.2) is 61.8 Å². The minimum Gasteiger partial charge on any atom is -0.342 e. The Morgan fingerprint density at radius 3 is 2.52 bits per heavy atom. The molecule has 2 aromatic heterocycles. The van der Waals surface area contributed by atoms with Crippen molar-refractivity contribution >= 4 is 30.7 Å². The van der Waals surface area contributed by atoms with Crippen LogP contribution in [0.15, 0.2) is 12.4 Å². The average Bonchev–Trinajstić information content (AvgIpc) is 3.22. The van der Waals surface area contributed by atoms with E-state index in [2.05, 4.69) is 36.6 Å². The molecule has 1 fully saturated rings. The highest BCUT2D eigenvalue weighted by molar-refractivity contribution is 5.85. The molecular formula is C17H29Cl2N7O. The van der Waals surface area contributed by atoms with Crippen LogP contribution in [0, 0.1) is 6.92 Å². The Hall–Kier alpha value is -1.64. The van der Waals surface area contributed by atoms with Gasteiger partial charge in [-0.3, -0.25) is 4.79 Å². The number of nitrogens with zero attached hydrogens (tertiary/aromatic N) is 6. The molecule has 0 aromatic carbocycles. The summed E-state index contributed by atoms with van der Waals surface area (Å²) >= 11 is 0. The van der Waals surface area contributed by atoms with Crippen LogP contribution < -0.4 is 5.32 Å². The number of amides is 1. The van der Waals surface area contributed by atoms with E-state index in [0.717, 1.165) is 49.9 Å². The van der Waals surface area contributed by atoms with Gasteiger partial charge in [-0.1, -0.05) is 0 Å². The first kappa shape index (κ1) is 23.4. The van der Waals surface area contributed by atoms with Crippen molar-refractivity contribution in [2.24, 2.45) is 0 Å². The van der Waals surface area contributed by atoms with E-state index in [0.29, 0.717) is 19.0 Å². The molecule has 0 saturated carbocycles. The van der Waals surface area contributed by atoms with Crippen molar-refractivity contribution in [3.63, 3.8) is 0 Å². The molecular weight excluding hydrogens is 389 g/mol. The summed E-state index contributed by atoms with van der Waals surface area (Å²) in [6.07, 6.45) is 5.66. The largest absolute Gasteiger partial charge is 0.342 e. The fourth-order valence-corrected chi connectivity index (χ4v) is 3.49. The number of hydrogen-bond acceptors (Lipinski definition) is 5. The number of carbonyl (C=O) groups excluding carboxylic acids is 1. The summed E-state index contributed by atoms with van der Waals surface area (Å²) in [4.78, 5) is 18.2. The lowest BCUT2D eigenvalue weighted by molar-refractivity contribution is -0.131. The maximum atomic E-state index is 12.0. The zero-order chi connectivity index (χ0) is 17.8. The number of aryl methyl sites for hydroxylation is 1. The second kappa shape index (κ2) is 10.6. The zero-order valence-electron chi connectivity index (χ0n) is 16.1. The molecule has 10 heteroatoms. The topological polar surface area (TPSA) is 80.9 Å². The molecule has 1 aliphatic heterocycles. The van der Waals surface area contributed by atoms with Crippen LogP contribution in [0.1, 0.15) is 43.2 Å².